The van der Waals surface area contributed by atoms with Crippen LogP contribution in [0, 0.1) is 5.92 Å². The highest BCUT2D eigenvalue weighted by atomic mass is 19.3. The number of rotatable bonds is 8. The number of Topliss-reactive ketones (excluding diaryl/α,β-unsaturated/α-hetero) is 1. The summed E-state index contributed by atoms with van der Waals surface area (Å²) in [5, 5.41) is 10.0. The molecule has 3 nitrogen and oxygen atoms in total. The number of alkyl halides is 2. The van der Waals surface area contributed by atoms with Gasteiger partial charge in [-0.1, -0.05) is 13.3 Å². The summed E-state index contributed by atoms with van der Waals surface area (Å²) >= 11 is 0. The van der Waals surface area contributed by atoms with E-state index in [0.29, 0.717) is 32.1 Å². The molecule has 1 aliphatic rings. The highest BCUT2D eigenvalue weighted by Gasteiger charge is 2.52. The minimum atomic E-state index is -3.25. The van der Waals surface area contributed by atoms with Crippen molar-refractivity contribution in [1.29, 1.82) is 0 Å². The molecule has 0 radical (unpaired) electrons. The second-order valence-corrected chi connectivity index (χ2v) is 5.48. The number of carbonyl (C=O) groups is 1. The average Bonchev–Trinajstić information content (AvgIpc) is 2.79. The summed E-state index contributed by atoms with van der Waals surface area (Å²) in [5.74, 6) is -5.37. The third-order valence-electron chi connectivity index (χ3n) is 3.99. The summed E-state index contributed by atoms with van der Waals surface area (Å²) in [4.78, 5) is 11.1. The van der Waals surface area contributed by atoms with Crippen molar-refractivity contribution in [2.75, 3.05) is 7.11 Å². The van der Waals surface area contributed by atoms with E-state index < -0.39 is 11.7 Å². The molecular formula is C14H24F2O3. The molecule has 0 spiro atoms. The van der Waals surface area contributed by atoms with Crippen LogP contribution in [0.2, 0.25) is 0 Å². The van der Waals surface area contributed by atoms with Crippen molar-refractivity contribution < 1.29 is 23.4 Å². The number of aliphatic hydroxyl groups is 1. The molecule has 0 aromatic rings. The van der Waals surface area contributed by atoms with E-state index in [1.165, 1.54) is 0 Å². The first-order valence-electron chi connectivity index (χ1n) is 7.01. The van der Waals surface area contributed by atoms with Crippen molar-refractivity contribution in [1.82, 2.24) is 0 Å². The molecule has 1 aliphatic carbocycles. The maximum atomic E-state index is 14.0. The number of hydrogen-bond acceptors (Lipinski definition) is 3. The molecule has 19 heavy (non-hydrogen) atoms. The fourth-order valence-electron chi connectivity index (χ4n) is 2.57. The smallest absolute Gasteiger partial charge is 0.300 e. The van der Waals surface area contributed by atoms with Gasteiger partial charge in [0.1, 0.15) is 5.78 Å². The molecule has 2 atom stereocenters. The van der Waals surface area contributed by atoms with Gasteiger partial charge in [-0.05, 0) is 25.2 Å². The minimum absolute atomic E-state index is 0.108. The molecule has 0 amide bonds. The maximum Gasteiger partial charge on any atom is 0.300 e. The van der Waals surface area contributed by atoms with Crippen molar-refractivity contribution in [3.8, 4) is 0 Å². The summed E-state index contributed by atoms with van der Waals surface area (Å²) in [6.45, 7) is 1.83. The molecule has 1 saturated carbocycles. The third kappa shape index (κ3) is 4.21. The molecule has 0 aliphatic heterocycles. The maximum absolute atomic E-state index is 14.0. The molecule has 112 valence electrons. The second-order valence-electron chi connectivity index (χ2n) is 5.48. The lowest BCUT2D eigenvalue weighted by Crippen LogP contribution is -2.50. The van der Waals surface area contributed by atoms with Crippen molar-refractivity contribution in [2.45, 2.75) is 70.0 Å². The van der Waals surface area contributed by atoms with Crippen molar-refractivity contribution in [3.05, 3.63) is 0 Å². The van der Waals surface area contributed by atoms with E-state index >= 15 is 0 Å². The Bertz CT molecular complexity index is 307. The number of hydrogen-bond donors (Lipinski definition) is 1. The molecule has 1 rings (SSSR count). The molecule has 1 unspecified atom stereocenters. The highest BCUT2D eigenvalue weighted by molar-refractivity contribution is 5.80. The molecular weight excluding hydrogens is 254 g/mol. The molecule has 0 heterocycles. The van der Waals surface area contributed by atoms with Crippen LogP contribution < -0.4 is 0 Å². The predicted molar refractivity (Wildman–Crippen MR) is 68.0 cm³/mol. The summed E-state index contributed by atoms with van der Waals surface area (Å²) < 4.78 is 32.6. The SMILES string of the molecule is CCCCC(F)(F)C(O)(CC[C@H]1CCC(=O)C1)OC. The van der Waals surface area contributed by atoms with Gasteiger partial charge in [0.2, 0.25) is 5.79 Å². The first kappa shape index (κ1) is 16.5. The Morgan fingerprint density at radius 1 is 1.42 bits per heavy atom. The van der Waals surface area contributed by atoms with Gasteiger partial charge >= 0.3 is 5.92 Å². The van der Waals surface area contributed by atoms with E-state index in [1.54, 1.807) is 0 Å². The molecule has 1 fully saturated rings. The van der Waals surface area contributed by atoms with Gasteiger partial charge in [0.15, 0.2) is 0 Å². The van der Waals surface area contributed by atoms with Gasteiger partial charge in [-0.3, -0.25) is 4.79 Å². The van der Waals surface area contributed by atoms with Gasteiger partial charge in [0, 0.05) is 32.8 Å². The Kier molecular flexibility index (Phi) is 5.86. The van der Waals surface area contributed by atoms with Gasteiger partial charge in [0.05, 0.1) is 0 Å². The zero-order valence-corrected chi connectivity index (χ0v) is 11.8. The number of ether oxygens (including phenoxy) is 1. The first-order valence-corrected chi connectivity index (χ1v) is 7.01. The van der Waals surface area contributed by atoms with Crippen LogP contribution in [0.4, 0.5) is 8.78 Å². The average molecular weight is 278 g/mol. The van der Waals surface area contributed by atoms with Crippen LogP contribution in [0.5, 0.6) is 0 Å². The molecule has 0 bridgehead atoms. The summed E-state index contributed by atoms with van der Waals surface area (Å²) in [5.41, 5.74) is 0. The van der Waals surface area contributed by atoms with Crippen LogP contribution in [0.1, 0.15) is 58.3 Å². The topological polar surface area (TPSA) is 46.5 Å². The van der Waals surface area contributed by atoms with E-state index in [0.717, 1.165) is 13.5 Å². The number of carbonyl (C=O) groups excluding carboxylic acids is 1. The monoisotopic (exact) mass is 278 g/mol. The molecule has 0 aromatic carbocycles. The second kappa shape index (κ2) is 6.75. The Labute approximate surface area is 113 Å². The normalized spacial score (nSPS) is 23.6. The Balaban J connectivity index is 2.55. The quantitative estimate of drug-likeness (QED) is 0.693. The zero-order chi connectivity index (χ0) is 14.5. The summed E-state index contributed by atoms with van der Waals surface area (Å²) in [6, 6.07) is 0. The zero-order valence-electron chi connectivity index (χ0n) is 11.8. The number of halogens is 2. The third-order valence-corrected chi connectivity index (χ3v) is 3.99. The van der Waals surface area contributed by atoms with Gasteiger partial charge < -0.3 is 9.84 Å². The van der Waals surface area contributed by atoms with Crippen LogP contribution in [0.3, 0.4) is 0 Å². The Morgan fingerprint density at radius 3 is 2.58 bits per heavy atom. The van der Waals surface area contributed by atoms with Crippen LogP contribution in [0.25, 0.3) is 0 Å². The minimum Gasteiger partial charge on any atom is -0.361 e. The van der Waals surface area contributed by atoms with Gasteiger partial charge in [-0.25, -0.2) is 8.78 Å². The van der Waals surface area contributed by atoms with Crippen molar-refractivity contribution in [2.24, 2.45) is 5.92 Å². The number of methoxy groups -OCH3 is 1. The lowest BCUT2D eigenvalue weighted by molar-refractivity contribution is -0.314. The largest absolute Gasteiger partial charge is 0.361 e. The fraction of sp³-hybridized carbons (Fsp3) is 0.929. The van der Waals surface area contributed by atoms with Crippen LogP contribution in [0.15, 0.2) is 0 Å². The Morgan fingerprint density at radius 2 is 2.11 bits per heavy atom. The summed E-state index contributed by atoms with van der Waals surface area (Å²) in [7, 11) is 1.11. The lowest BCUT2D eigenvalue weighted by atomic mass is 9.92. The molecule has 1 N–H and O–H groups in total. The first-order chi connectivity index (χ1) is 8.84. The van der Waals surface area contributed by atoms with Crippen molar-refractivity contribution >= 4 is 5.78 Å². The van der Waals surface area contributed by atoms with Gasteiger partial charge in [-0.2, -0.15) is 0 Å². The van der Waals surface area contributed by atoms with E-state index in [2.05, 4.69) is 0 Å². The van der Waals surface area contributed by atoms with E-state index in [-0.39, 0.29) is 24.5 Å². The summed E-state index contributed by atoms with van der Waals surface area (Å²) in [6.07, 6.45) is 2.60. The lowest BCUT2D eigenvalue weighted by Gasteiger charge is -2.35. The number of unbranched alkanes of at least 4 members (excludes halogenated alkanes) is 1. The van der Waals surface area contributed by atoms with Gasteiger partial charge in [0.25, 0.3) is 0 Å². The van der Waals surface area contributed by atoms with E-state index in [1.807, 2.05) is 6.92 Å². The van der Waals surface area contributed by atoms with Gasteiger partial charge in [-0.15, -0.1) is 0 Å². The highest BCUT2D eigenvalue weighted by Crippen LogP contribution is 2.39. The predicted octanol–water partition coefficient (Wildman–Crippen LogP) is 3.30. The van der Waals surface area contributed by atoms with Crippen LogP contribution in [-0.4, -0.2) is 29.7 Å². The Hall–Kier alpha value is -0.550. The molecule has 0 saturated heterocycles. The molecule has 0 aromatic heterocycles. The van der Waals surface area contributed by atoms with E-state index in [9.17, 15) is 18.7 Å². The standard InChI is InChI=1S/C14H24F2O3/c1-3-4-8-13(15,16)14(18,19-2)9-7-11-5-6-12(17)10-11/h11,18H,3-10H2,1-2H3/t11-,14?/m1/s1. The van der Waals surface area contributed by atoms with E-state index in [4.69, 9.17) is 4.74 Å². The van der Waals surface area contributed by atoms with Crippen molar-refractivity contribution in [3.63, 3.8) is 0 Å². The number of ketones is 1. The van der Waals surface area contributed by atoms with Crippen LogP contribution in [-0.2, 0) is 9.53 Å². The van der Waals surface area contributed by atoms with Crippen LogP contribution >= 0.6 is 0 Å². The fourth-order valence-corrected chi connectivity index (χ4v) is 2.57. The molecule has 5 heteroatoms.